The average Bonchev–Trinajstić information content (AvgIpc) is 2.64. The lowest BCUT2D eigenvalue weighted by Gasteiger charge is -2.21. The van der Waals surface area contributed by atoms with Gasteiger partial charge in [-0.15, -0.1) is 0 Å². The maximum Gasteiger partial charge on any atom is 0.211 e. The van der Waals surface area contributed by atoms with Gasteiger partial charge < -0.3 is 10.6 Å². The minimum Gasteiger partial charge on any atom is -0.366 e. The van der Waals surface area contributed by atoms with Crippen molar-refractivity contribution in [3.63, 3.8) is 0 Å². The predicted octanol–water partition coefficient (Wildman–Crippen LogP) is 1.31. The largest absolute Gasteiger partial charge is 0.366 e. The second-order valence-corrected chi connectivity index (χ2v) is 8.14. The highest BCUT2D eigenvalue weighted by atomic mass is 32.2. The number of benzene rings is 1. The molecule has 1 aliphatic rings. The molecule has 3 N–H and O–H groups in total. The number of rotatable bonds is 7. The van der Waals surface area contributed by atoms with Gasteiger partial charge in [-0.3, -0.25) is 0 Å². The van der Waals surface area contributed by atoms with Crippen molar-refractivity contribution in [3.05, 3.63) is 52.7 Å². The SMILES string of the molecule is CCS(=O)(=O)NCc1nc2c(c(NCc3cccc(F)c3)n1)CNCC2. The fraction of sp³-hybridized carbons (Fsp3) is 0.412. The van der Waals surface area contributed by atoms with Crippen LogP contribution in [0.3, 0.4) is 0 Å². The Bertz CT molecular complexity index is 889. The highest BCUT2D eigenvalue weighted by Crippen LogP contribution is 2.21. The Labute approximate surface area is 152 Å². The zero-order valence-electron chi connectivity index (χ0n) is 14.5. The molecule has 7 nitrogen and oxygen atoms in total. The Morgan fingerprint density at radius 3 is 2.88 bits per heavy atom. The van der Waals surface area contributed by atoms with E-state index >= 15 is 0 Å². The van der Waals surface area contributed by atoms with E-state index in [9.17, 15) is 12.8 Å². The van der Waals surface area contributed by atoms with Crippen LogP contribution in [0.5, 0.6) is 0 Å². The first-order valence-electron chi connectivity index (χ1n) is 8.52. The summed E-state index contributed by atoms with van der Waals surface area (Å²) in [6.07, 6.45) is 0.750. The summed E-state index contributed by atoms with van der Waals surface area (Å²) < 4.78 is 39.2. The summed E-state index contributed by atoms with van der Waals surface area (Å²) in [5, 5.41) is 6.51. The zero-order valence-corrected chi connectivity index (χ0v) is 15.4. The minimum absolute atomic E-state index is 0.00649. The number of anilines is 1. The first-order chi connectivity index (χ1) is 12.5. The summed E-state index contributed by atoms with van der Waals surface area (Å²) in [4.78, 5) is 8.98. The maximum atomic E-state index is 13.3. The molecule has 2 aromatic rings. The van der Waals surface area contributed by atoms with E-state index < -0.39 is 10.0 Å². The average molecular weight is 379 g/mol. The van der Waals surface area contributed by atoms with E-state index in [1.54, 1.807) is 13.0 Å². The minimum atomic E-state index is -3.32. The standard InChI is InChI=1S/C17H22FN5O2S/c1-2-26(24,25)21-11-16-22-15-6-7-19-10-14(15)17(23-16)20-9-12-4-3-5-13(18)8-12/h3-5,8,19,21H,2,6-7,9-11H2,1H3,(H,20,22,23). The summed E-state index contributed by atoms with van der Waals surface area (Å²) >= 11 is 0. The number of halogens is 1. The molecule has 0 atom stereocenters. The third-order valence-electron chi connectivity index (χ3n) is 4.16. The number of hydrogen-bond acceptors (Lipinski definition) is 6. The second-order valence-electron chi connectivity index (χ2n) is 6.05. The first kappa shape index (κ1) is 18.7. The van der Waals surface area contributed by atoms with Gasteiger partial charge in [-0.1, -0.05) is 12.1 Å². The summed E-state index contributed by atoms with van der Waals surface area (Å²) in [5.41, 5.74) is 2.68. The summed E-state index contributed by atoms with van der Waals surface area (Å²) in [6.45, 7) is 3.50. The van der Waals surface area contributed by atoms with E-state index in [2.05, 4.69) is 25.3 Å². The van der Waals surface area contributed by atoms with Gasteiger partial charge in [0.2, 0.25) is 10.0 Å². The molecule has 0 saturated heterocycles. The van der Waals surface area contributed by atoms with Crippen LogP contribution in [0, 0.1) is 5.82 Å². The molecule has 0 amide bonds. The van der Waals surface area contributed by atoms with Crippen molar-refractivity contribution >= 4 is 15.8 Å². The van der Waals surface area contributed by atoms with Crippen LogP contribution < -0.4 is 15.4 Å². The van der Waals surface area contributed by atoms with Crippen LogP contribution in [0.25, 0.3) is 0 Å². The third kappa shape index (κ3) is 4.75. The molecule has 0 spiro atoms. The van der Waals surface area contributed by atoms with Crippen LogP contribution in [0.1, 0.15) is 29.6 Å². The number of nitrogens with zero attached hydrogens (tertiary/aromatic N) is 2. The number of hydrogen-bond donors (Lipinski definition) is 3. The van der Waals surface area contributed by atoms with Crippen LogP contribution >= 0.6 is 0 Å². The first-order valence-corrected chi connectivity index (χ1v) is 10.2. The smallest absolute Gasteiger partial charge is 0.211 e. The molecule has 0 aliphatic carbocycles. The molecule has 0 bridgehead atoms. The molecule has 1 aliphatic heterocycles. The molecular formula is C17H22FN5O2S. The fourth-order valence-electron chi connectivity index (χ4n) is 2.73. The molecular weight excluding hydrogens is 357 g/mol. The Balaban J connectivity index is 1.81. The quantitative estimate of drug-likeness (QED) is 0.671. The van der Waals surface area contributed by atoms with E-state index in [1.807, 2.05) is 6.07 Å². The normalized spacial score (nSPS) is 14.1. The monoisotopic (exact) mass is 379 g/mol. The highest BCUT2D eigenvalue weighted by molar-refractivity contribution is 7.89. The summed E-state index contributed by atoms with van der Waals surface area (Å²) in [6, 6.07) is 6.36. The van der Waals surface area contributed by atoms with E-state index in [0.29, 0.717) is 24.7 Å². The van der Waals surface area contributed by atoms with Gasteiger partial charge >= 0.3 is 0 Å². The van der Waals surface area contributed by atoms with Gasteiger partial charge in [0.15, 0.2) is 0 Å². The van der Waals surface area contributed by atoms with Crippen molar-refractivity contribution in [2.45, 2.75) is 33.0 Å². The van der Waals surface area contributed by atoms with Gasteiger partial charge in [0, 0.05) is 31.6 Å². The van der Waals surface area contributed by atoms with Crippen molar-refractivity contribution in [3.8, 4) is 0 Å². The Morgan fingerprint density at radius 1 is 1.27 bits per heavy atom. The Kier molecular flexibility index (Phi) is 5.80. The molecule has 0 fully saturated rings. The zero-order chi connectivity index (χ0) is 18.6. The third-order valence-corrected chi connectivity index (χ3v) is 5.50. The lowest BCUT2D eigenvalue weighted by atomic mass is 10.1. The summed E-state index contributed by atoms with van der Waals surface area (Å²) in [5.74, 6) is 0.791. The number of nitrogens with one attached hydrogen (secondary N) is 3. The van der Waals surface area contributed by atoms with Crippen molar-refractivity contribution in [2.75, 3.05) is 17.6 Å². The number of sulfonamides is 1. The number of aromatic nitrogens is 2. The van der Waals surface area contributed by atoms with Crippen molar-refractivity contribution in [2.24, 2.45) is 0 Å². The molecule has 0 radical (unpaired) electrons. The lowest BCUT2D eigenvalue weighted by Crippen LogP contribution is -2.29. The van der Waals surface area contributed by atoms with Crippen LogP contribution in [-0.2, 0) is 36.1 Å². The van der Waals surface area contributed by atoms with E-state index in [-0.39, 0.29) is 18.1 Å². The second kappa shape index (κ2) is 8.07. The van der Waals surface area contributed by atoms with Gasteiger partial charge in [-0.05, 0) is 24.6 Å². The molecule has 0 saturated carbocycles. The highest BCUT2D eigenvalue weighted by Gasteiger charge is 2.18. The van der Waals surface area contributed by atoms with Crippen LogP contribution in [0.2, 0.25) is 0 Å². The van der Waals surface area contributed by atoms with Crippen molar-refractivity contribution in [1.82, 2.24) is 20.0 Å². The molecule has 0 unspecified atom stereocenters. The fourth-order valence-corrected chi connectivity index (χ4v) is 3.28. The molecule has 1 aromatic heterocycles. The van der Waals surface area contributed by atoms with E-state index in [0.717, 1.165) is 29.8 Å². The molecule has 26 heavy (non-hydrogen) atoms. The molecule has 140 valence electrons. The topological polar surface area (TPSA) is 96.0 Å². The lowest BCUT2D eigenvalue weighted by molar-refractivity contribution is 0.578. The Morgan fingerprint density at radius 2 is 2.12 bits per heavy atom. The molecule has 2 heterocycles. The van der Waals surface area contributed by atoms with Crippen LogP contribution in [-0.4, -0.2) is 30.7 Å². The molecule has 9 heteroatoms. The van der Waals surface area contributed by atoms with E-state index in [4.69, 9.17) is 0 Å². The van der Waals surface area contributed by atoms with Crippen molar-refractivity contribution < 1.29 is 12.8 Å². The van der Waals surface area contributed by atoms with Gasteiger partial charge in [-0.25, -0.2) is 27.5 Å². The molecule has 3 rings (SSSR count). The van der Waals surface area contributed by atoms with Crippen molar-refractivity contribution in [1.29, 1.82) is 0 Å². The Hall–Kier alpha value is -2.10. The van der Waals surface area contributed by atoms with Crippen LogP contribution in [0.15, 0.2) is 24.3 Å². The van der Waals surface area contributed by atoms with Gasteiger partial charge in [-0.2, -0.15) is 0 Å². The van der Waals surface area contributed by atoms with Crippen LogP contribution in [0.4, 0.5) is 10.2 Å². The number of fused-ring (bicyclic) bond motifs is 1. The van der Waals surface area contributed by atoms with Gasteiger partial charge in [0.25, 0.3) is 0 Å². The van der Waals surface area contributed by atoms with E-state index in [1.165, 1.54) is 12.1 Å². The molecule has 1 aromatic carbocycles. The van der Waals surface area contributed by atoms with Gasteiger partial charge in [0.05, 0.1) is 18.0 Å². The predicted molar refractivity (Wildman–Crippen MR) is 97.5 cm³/mol. The maximum absolute atomic E-state index is 13.3. The summed E-state index contributed by atoms with van der Waals surface area (Å²) in [7, 11) is -3.32. The van der Waals surface area contributed by atoms with Gasteiger partial charge in [0.1, 0.15) is 17.5 Å².